The van der Waals surface area contributed by atoms with Crippen LogP contribution < -0.4 is 9.64 Å². The molecule has 1 aliphatic rings. The Labute approximate surface area is 253 Å². The van der Waals surface area contributed by atoms with Crippen LogP contribution in [0.5, 0.6) is 5.75 Å². The van der Waals surface area contributed by atoms with Gasteiger partial charge in [-0.05, 0) is 95.9 Å². The maximum absolute atomic E-state index is 14.4. The van der Waals surface area contributed by atoms with Gasteiger partial charge in [-0.1, -0.05) is 35.9 Å². The Morgan fingerprint density at radius 1 is 1.05 bits per heavy atom. The topological polar surface area (TPSA) is 87.2 Å². The number of benzene rings is 3. The summed E-state index contributed by atoms with van der Waals surface area (Å²) in [4.78, 5) is 42.6. The van der Waals surface area contributed by atoms with Gasteiger partial charge in [0, 0.05) is 21.6 Å². The van der Waals surface area contributed by atoms with Crippen LogP contribution in [-0.2, 0) is 9.59 Å². The summed E-state index contributed by atoms with van der Waals surface area (Å²) in [5, 5.41) is 9.54. The largest absolute Gasteiger partial charge is 0.573 e. The van der Waals surface area contributed by atoms with Gasteiger partial charge in [-0.15, -0.1) is 13.2 Å². The van der Waals surface area contributed by atoms with E-state index in [1.165, 1.54) is 21.9 Å². The van der Waals surface area contributed by atoms with E-state index in [0.717, 1.165) is 15.7 Å². The van der Waals surface area contributed by atoms with E-state index in [1.807, 2.05) is 0 Å². The van der Waals surface area contributed by atoms with E-state index in [1.54, 1.807) is 49.4 Å². The molecule has 0 fully saturated rings. The summed E-state index contributed by atoms with van der Waals surface area (Å²) >= 11 is 8.15. The van der Waals surface area contributed by atoms with Gasteiger partial charge < -0.3 is 19.6 Å². The van der Waals surface area contributed by atoms with Gasteiger partial charge in [0.15, 0.2) is 0 Å². The number of anilines is 1. The molecule has 0 saturated heterocycles. The molecule has 2 amide bonds. The number of hydrogen-bond donors (Lipinski definition) is 1. The minimum Gasteiger partial charge on any atom is -0.481 e. The first-order valence-electron chi connectivity index (χ1n) is 12.6. The summed E-state index contributed by atoms with van der Waals surface area (Å²) in [6, 6.07) is 15.0. The smallest absolute Gasteiger partial charge is 0.481 e. The molecule has 7 nitrogen and oxygen atoms in total. The number of ether oxygens (including phenoxy) is 1. The predicted molar refractivity (Wildman–Crippen MR) is 155 cm³/mol. The lowest BCUT2D eigenvalue weighted by Gasteiger charge is -2.36. The molecule has 0 aliphatic carbocycles. The second kappa shape index (κ2) is 12.7. The maximum atomic E-state index is 14.4. The molecule has 2 atom stereocenters. The van der Waals surface area contributed by atoms with Crippen LogP contribution in [0.1, 0.15) is 59.8 Å². The Morgan fingerprint density at radius 2 is 1.71 bits per heavy atom. The van der Waals surface area contributed by atoms with Crippen molar-refractivity contribution >= 4 is 57.7 Å². The number of alkyl halides is 3. The van der Waals surface area contributed by atoms with Crippen molar-refractivity contribution in [1.82, 2.24) is 4.90 Å². The van der Waals surface area contributed by atoms with Gasteiger partial charge in [-0.25, -0.2) is 0 Å². The van der Waals surface area contributed by atoms with Gasteiger partial charge in [-0.2, -0.15) is 0 Å². The molecule has 0 bridgehead atoms. The van der Waals surface area contributed by atoms with E-state index in [2.05, 4.69) is 27.3 Å². The van der Waals surface area contributed by atoms with Crippen LogP contribution in [0.3, 0.4) is 0 Å². The van der Waals surface area contributed by atoms with Crippen LogP contribution in [-0.4, -0.2) is 40.7 Å². The van der Waals surface area contributed by atoms with Crippen LogP contribution in [0.2, 0.25) is 5.02 Å². The van der Waals surface area contributed by atoms with Gasteiger partial charge >= 0.3 is 12.3 Å². The zero-order valence-electron chi connectivity index (χ0n) is 21.7. The minimum absolute atomic E-state index is 0.0790. The Kier molecular flexibility index (Phi) is 9.48. The average Bonchev–Trinajstić information content (AvgIpc) is 2.99. The number of amides is 2. The molecule has 0 saturated carbocycles. The molecule has 0 aromatic heterocycles. The Bertz CT molecular complexity index is 1430. The Morgan fingerprint density at radius 3 is 2.32 bits per heavy atom. The molecule has 3 aromatic carbocycles. The van der Waals surface area contributed by atoms with E-state index < -0.39 is 42.0 Å². The van der Waals surface area contributed by atoms with Crippen molar-refractivity contribution in [3.8, 4) is 5.75 Å². The molecule has 12 heteroatoms. The molecular formula is C29H25ClF3IN2O5. The zero-order valence-corrected chi connectivity index (χ0v) is 24.6. The van der Waals surface area contributed by atoms with Crippen LogP contribution in [0.4, 0.5) is 18.9 Å². The van der Waals surface area contributed by atoms with Crippen molar-refractivity contribution in [2.75, 3.05) is 11.4 Å². The molecule has 0 spiro atoms. The van der Waals surface area contributed by atoms with E-state index >= 15 is 0 Å². The maximum Gasteiger partial charge on any atom is 0.573 e. The number of rotatable bonds is 9. The predicted octanol–water partition coefficient (Wildman–Crippen LogP) is 7.39. The van der Waals surface area contributed by atoms with Crippen LogP contribution >= 0.6 is 34.2 Å². The molecule has 1 heterocycles. The number of carboxylic acids is 1. The third-order valence-electron chi connectivity index (χ3n) is 6.71. The van der Waals surface area contributed by atoms with E-state index in [-0.39, 0.29) is 24.1 Å². The third kappa shape index (κ3) is 7.31. The van der Waals surface area contributed by atoms with Crippen LogP contribution in [0, 0.1) is 3.57 Å². The second-order valence-electron chi connectivity index (χ2n) is 9.46. The van der Waals surface area contributed by atoms with E-state index in [9.17, 15) is 27.6 Å². The number of carboxylic acid groups (broad SMARTS) is 1. The number of aliphatic carboxylic acids is 1. The second-order valence-corrected chi connectivity index (χ2v) is 11.1. The first kappa shape index (κ1) is 30.6. The number of unbranched alkanes of at least 4 members (excludes halogenated alkanes) is 1. The minimum atomic E-state index is -4.89. The monoisotopic (exact) mass is 700 g/mol. The molecular weight excluding hydrogens is 676 g/mol. The number of fused-ring (bicyclic) bond motifs is 1. The fourth-order valence-corrected chi connectivity index (χ4v) is 5.41. The fourth-order valence-electron chi connectivity index (χ4n) is 4.79. The lowest BCUT2D eigenvalue weighted by molar-refractivity contribution is -0.274. The van der Waals surface area contributed by atoms with Gasteiger partial charge in [-0.3, -0.25) is 14.4 Å². The molecule has 1 aliphatic heterocycles. The van der Waals surface area contributed by atoms with Crippen LogP contribution in [0.25, 0.3) is 0 Å². The van der Waals surface area contributed by atoms with Crippen molar-refractivity contribution in [3.63, 3.8) is 0 Å². The van der Waals surface area contributed by atoms with E-state index in [0.29, 0.717) is 29.1 Å². The number of carbonyl (C=O) groups is 3. The summed E-state index contributed by atoms with van der Waals surface area (Å²) in [6.45, 7) is 1.90. The summed E-state index contributed by atoms with van der Waals surface area (Å²) in [5.41, 5.74) is 1.64. The standard InChI is InChI=1S/C29H25ClF3IN2O5/c1-17(18-5-9-20(30)10-6-18)36-26(19-7-12-22(13-8-19)41-29(31,32)33)28(40)35(15-3-2-4-25(37)38)24-14-11-21(34)16-23(24)27(36)39/h5-14,16-17,26H,2-4,15H2,1H3,(H,37,38)/t17-,26+/m1/s1. The van der Waals surface area contributed by atoms with Crippen molar-refractivity contribution in [1.29, 1.82) is 0 Å². The molecule has 4 rings (SSSR count). The Hall–Kier alpha value is -3.32. The first-order valence-corrected chi connectivity index (χ1v) is 14.1. The van der Waals surface area contributed by atoms with Crippen molar-refractivity contribution in [3.05, 3.63) is 92.0 Å². The van der Waals surface area contributed by atoms with Crippen molar-refractivity contribution in [2.24, 2.45) is 0 Å². The highest BCUT2D eigenvalue weighted by Gasteiger charge is 2.43. The highest BCUT2D eigenvalue weighted by atomic mass is 127. The van der Waals surface area contributed by atoms with Gasteiger partial charge in [0.1, 0.15) is 11.8 Å². The summed E-state index contributed by atoms with van der Waals surface area (Å²) < 4.78 is 43.2. The number of nitrogens with zero attached hydrogens (tertiary/aromatic N) is 2. The van der Waals surface area contributed by atoms with Gasteiger partial charge in [0.2, 0.25) is 0 Å². The zero-order chi connectivity index (χ0) is 29.9. The lowest BCUT2D eigenvalue weighted by Crippen LogP contribution is -2.44. The Balaban J connectivity index is 1.84. The van der Waals surface area contributed by atoms with Crippen molar-refractivity contribution < 1.29 is 37.4 Å². The molecule has 216 valence electrons. The molecule has 1 N–H and O–H groups in total. The van der Waals surface area contributed by atoms with Gasteiger partial charge in [0.05, 0.1) is 17.3 Å². The van der Waals surface area contributed by atoms with Crippen LogP contribution in [0.15, 0.2) is 66.7 Å². The highest BCUT2D eigenvalue weighted by Crippen LogP contribution is 2.41. The number of hydrogen-bond acceptors (Lipinski definition) is 4. The summed E-state index contributed by atoms with van der Waals surface area (Å²) in [7, 11) is 0. The quantitative estimate of drug-likeness (QED) is 0.186. The summed E-state index contributed by atoms with van der Waals surface area (Å²) in [6.07, 6.45) is -4.30. The fraction of sp³-hybridized carbons (Fsp3) is 0.276. The number of carbonyl (C=O) groups excluding carboxylic acids is 2. The average molecular weight is 701 g/mol. The SMILES string of the molecule is C[C@H](c1ccc(Cl)cc1)N1C(=O)c2cc(I)ccc2N(CCCCC(=O)O)C(=O)[C@@H]1c1ccc(OC(F)(F)F)cc1. The van der Waals surface area contributed by atoms with Gasteiger partial charge in [0.25, 0.3) is 11.8 Å². The van der Waals surface area contributed by atoms with Crippen molar-refractivity contribution in [2.45, 2.75) is 44.6 Å². The van der Waals surface area contributed by atoms with E-state index in [4.69, 9.17) is 16.7 Å². The highest BCUT2D eigenvalue weighted by molar-refractivity contribution is 14.1. The first-order chi connectivity index (χ1) is 19.4. The normalized spacial score (nSPS) is 16.3. The molecule has 0 radical (unpaired) electrons. The lowest BCUT2D eigenvalue weighted by atomic mass is 9.98. The summed E-state index contributed by atoms with van der Waals surface area (Å²) in [5.74, 6) is -2.34. The molecule has 0 unspecified atom stereocenters. The molecule has 41 heavy (non-hydrogen) atoms. The molecule has 3 aromatic rings. The number of halogens is 5. The third-order valence-corrected chi connectivity index (χ3v) is 7.64.